The molecule has 3 nitrogen and oxygen atoms in total. The van der Waals surface area contributed by atoms with Gasteiger partial charge in [0.2, 0.25) is 0 Å². The Morgan fingerprint density at radius 3 is 2.62 bits per heavy atom. The molecule has 0 aliphatic rings. The van der Waals surface area contributed by atoms with E-state index in [0.717, 1.165) is 32.7 Å². The van der Waals surface area contributed by atoms with Gasteiger partial charge in [0.25, 0.3) is 0 Å². The lowest BCUT2D eigenvalue weighted by atomic mass is 10.3. The molecule has 0 aromatic rings. The van der Waals surface area contributed by atoms with Crippen LogP contribution in [0.1, 0.15) is 33.1 Å². The van der Waals surface area contributed by atoms with Gasteiger partial charge < -0.3 is 15.8 Å². The van der Waals surface area contributed by atoms with E-state index in [0.29, 0.717) is 0 Å². The van der Waals surface area contributed by atoms with Crippen molar-refractivity contribution in [2.75, 3.05) is 26.3 Å². The predicted molar refractivity (Wildman–Crippen MR) is 56.9 cm³/mol. The Morgan fingerprint density at radius 1 is 1.31 bits per heavy atom. The van der Waals surface area contributed by atoms with Crippen LogP contribution in [0.2, 0.25) is 0 Å². The van der Waals surface area contributed by atoms with Gasteiger partial charge in [0, 0.05) is 25.8 Å². The van der Waals surface area contributed by atoms with Gasteiger partial charge in [-0.15, -0.1) is 0 Å². The third-order valence-corrected chi connectivity index (χ3v) is 1.75. The molecule has 3 N–H and O–H groups in total. The zero-order valence-corrected chi connectivity index (χ0v) is 9.01. The van der Waals surface area contributed by atoms with Crippen molar-refractivity contribution < 1.29 is 4.74 Å². The summed E-state index contributed by atoms with van der Waals surface area (Å²) in [7, 11) is 0. The van der Waals surface area contributed by atoms with E-state index in [1.54, 1.807) is 0 Å². The summed E-state index contributed by atoms with van der Waals surface area (Å²) in [6.07, 6.45) is 3.46. The van der Waals surface area contributed by atoms with Crippen molar-refractivity contribution in [1.82, 2.24) is 5.32 Å². The number of ether oxygens (including phenoxy) is 1. The average Bonchev–Trinajstić information content (AvgIpc) is 2.09. The molecule has 0 heterocycles. The molecule has 0 aromatic heterocycles. The molecular formula is C10H24N2O. The van der Waals surface area contributed by atoms with E-state index in [1.807, 2.05) is 6.92 Å². The maximum atomic E-state index is 5.58. The van der Waals surface area contributed by atoms with E-state index in [-0.39, 0.29) is 6.04 Å². The van der Waals surface area contributed by atoms with Gasteiger partial charge in [-0.1, -0.05) is 13.3 Å². The molecule has 80 valence electrons. The van der Waals surface area contributed by atoms with E-state index in [9.17, 15) is 0 Å². The van der Waals surface area contributed by atoms with Crippen LogP contribution in [0, 0.1) is 0 Å². The largest absolute Gasteiger partial charge is 0.381 e. The first-order valence-electron chi connectivity index (χ1n) is 5.31. The fourth-order valence-electron chi connectivity index (χ4n) is 0.977. The lowest BCUT2D eigenvalue weighted by Crippen LogP contribution is -2.31. The highest BCUT2D eigenvalue weighted by Crippen LogP contribution is 1.88. The molecule has 0 saturated carbocycles. The first kappa shape index (κ1) is 12.9. The fraction of sp³-hybridized carbons (Fsp3) is 1.00. The van der Waals surface area contributed by atoms with Gasteiger partial charge in [0.15, 0.2) is 0 Å². The normalized spacial score (nSPS) is 13.2. The van der Waals surface area contributed by atoms with Crippen LogP contribution in [0.3, 0.4) is 0 Å². The number of rotatable bonds is 9. The molecule has 13 heavy (non-hydrogen) atoms. The Morgan fingerprint density at radius 2 is 2.00 bits per heavy atom. The second-order valence-corrected chi connectivity index (χ2v) is 3.50. The molecule has 0 radical (unpaired) electrons. The minimum atomic E-state index is 0.251. The van der Waals surface area contributed by atoms with Gasteiger partial charge in [-0.2, -0.15) is 0 Å². The number of nitrogens with one attached hydrogen (secondary N) is 1. The van der Waals surface area contributed by atoms with Crippen molar-refractivity contribution in [2.24, 2.45) is 5.73 Å². The van der Waals surface area contributed by atoms with E-state index in [1.165, 1.54) is 12.8 Å². The van der Waals surface area contributed by atoms with Crippen molar-refractivity contribution in [3.63, 3.8) is 0 Å². The van der Waals surface area contributed by atoms with Crippen LogP contribution in [-0.2, 0) is 4.74 Å². The summed E-state index contributed by atoms with van der Waals surface area (Å²) >= 11 is 0. The van der Waals surface area contributed by atoms with Crippen LogP contribution in [-0.4, -0.2) is 32.3 Å². The molecule has 0 aromatic carbocycles. The summed E-state index contributed by atoms with van der Waals surface area (Å²) in [6, 6.07) is 0.251. The molecule has 0 rings (SSSR count). The quantitative estimate of drug-likeness (QED) is 0.533. The van der Waals surface area contributed by atoms with Crippen molar-refractivity contribution in [1.29, 1.82) is 0 Å². The molecule has 0 saturated heterocycles. The summed E-state index contributed by atoms with van der Waals surface area (Å²) in [5, 5.41) is 3.27. The lowest BCUT2D eigenvalue weighted by molar-refractivity contribution is 0.129. The summed E-state index contributed by atoms with van der Waals surface area (Å²) in [6.45, 7) is 7.86. The standard InChI is InChI=1S/C10H24N2O/c1-3-4-7-13-8-5-6-12-9-10(2)11/h10,12H,3-9,11H2,1-2H3. The van der Waals surface area contributed by atoms with Gasteiger partial charge in [-0.3, -0.25) is 0 Å². The van der Waals surface area contributed by atoms with Gasteiger partial charge in [-0.25, -0.2) is 0 Å². The third-order valence-electron chi connectivity index (χ3n) is 1.75. The van der Waals surface area contributed by atoms with Crippen molar-refractivity contribution >= 4 is 0 Å². The van der Waals surface area contributed by atoms with Crippen molar-refractivity contribution in [3.05, 3.63) is 0 Å². The molecule has 0 amide bonds. The monoisotopic (exact) mass is 188 g/mol. The zero-order valence-electron chi connectivity index (χ0n) is 9.01. The molecular weight excluding hydrogens is 164 g/mol. The number of unbranched alkanes of at least 4 members (excludes halogenated alkanes) is 1. The Hall–Kier alpha value is -0.120. The molecule has 1 unspecified atom stereocenters. The van der Waals surface area contributed by atoms with E-state index >= 15 is 0 Å². The average molecular weight is 188 g/mol. The van der Waals surface area contributed by atoms with Crippen LogP contribution in [0.25, 0.3) is 0 Å². The van der Waals surface area contributed by atoms with Gasteiger partial charge >= 0.3 is 0 Å². The smallest absolute Gasteiger partial charge is 0.0478 e. The van der Waals surface area contributed by atoms with E-state index < -0.39 is 0 Å². The first-order chi connectivity index (χ1) is 6.27. The summed E-state index contributed by atoms with van der Waals surface area (Å²) < 4.78 is 5.41. The number of nitrogens with two attached hydrogens (primary N) is 1. The summed E-state index contributed by atoms with van der Waals surface area (Å²) in [5.41, 5.74) is 5.58. The van der Waals surface area contributed by atoms with Crippen LogP contribution in [0.5, 0.6) is 0 Å². The zero-order chi connectivity index (χ0) is 9.94. The second-order valence-electron chi connectivity index (χ2n) is 3.50. The first-order valence-corrected chi connectivity index (χ1v) is 5.31. The Labute approximate surface area is 82.0 Å². The molecule has 0 fully saturated rings. The highest BCUT2D eigenvalue weighted by Gasteiger charge is 1.92. The second kappa shape index (κ2) is 9.96. The van der Waals surface area contributed by atoms with Crippen LogP contribution >= 0.6 is 0 Å². The van der Waals surface area contributed by atoms with Gasteiger partial charge in [0.05, 0.1) is 0 Å². The minimum Gasteiger partial charge on any atom is -0.381 e. The maximum absolute atomic E-state index is 5.58. The molecule has 0 aliphatic heterocycles. The van der Waals surface area contributed by atoms with E-state index in [2.05, 4.69) is 12.2 Å². The van der Waals surface area contributed by atoms with Gasteiger partial charge in [0.1, 0.15) is 0 Å². The third kappa shape index (κ3) is 11.9. The molecule has 0 bridgehead atoms. The predicted octanol–water partition coefficient (Wildman–Crippen LogP) is 1.13. The Bertz CT molecular complexity index is 96.9. The minimum absolute atomic E-state index is 0.251. The Balaban J connectivity index is 2.84. The maximum Gasteiger partial charge on any atom is 0.0478 e. The highest BCUT2D eigenvalue weighted by molar-refractivity contribution is 4.56. The molecule has 1 atom stereocenters. The van der Waals surface area contributed by atoms with Crippen LogP contribution < -0.4 is 11.1 Å². The lowest BCUT2D eigenvalue weighted by Gasteiger charge is -2.07. The van der Waals surface area contributed by atoms with Gasteiger partial charge in [-0.05, 0) is 26.3 Å². The van der Waals surface area contributed by atoms with Crippen molar-refractivity contribution in [3.8, 4) is 0 Å². The van der Waals surface area contributed by atoms with E-state index in [4.69, 9.17) is 10.5 Å². The number of hydrogen-bond donors (Lipinski definition) is 2. The van der Waals surface area contributed by atoms with Crippen molar-refractivity contribution in [2.45, 2.75) is 39.2 Å². The summed E-state index contributed by atoms with van der Waals surface area (Å²) in [4.78, 5) is 0. The SMILES string of the molecule is CCCCOCCCNCC(C)N. The molecule has 0 aliphatic carbocycles. The fourth-order valence-corrected chi connectivity index (χ4v) is 0.977. The molecule has 0 spiro atoms. The highest BCUT2D eigenvalue weighted by atomic mass is 16.5. The molecule has 3 heteroatoms. The van der Waals surface area contributed by atoms with Crippen LogP contribution in [0.4, 0.5) is 0 Å². The van der Waals surface area contributed by atoms with Crippen LogP contribution in [0.15, 0.2) is 0 Å². The number of hydrogen-bond acceptors (Lipinski definition) is 3. The topological polar surface area (TPSA) is 47.3 Å². The summed E-state index contributed by atoms with van der Waals surface area (Å²) in [5.74, 6) is 0. The Kier molecular flexibility index (Phi) is 9.87.